The largest absolute Gasteiger partial charge is 0.396 e. The van der Waals surface area contributed by atoms with Crippen LogP contribution >= 0.6 is 23.2 Å². The molecule has 1 fully saturated rings. The van der Waals surface area contributed by atoms with E-state index in [1.54, 1.807) is 53.4 Å². The van der Waals surface area contributed by atoms with Crippen LogP contribution in [0.25, 0.3) is 0 Å². The Balaban J connectivity index is 1.78. The van der Waals surface area contributed by atoms with E-state index in [2.05, 4.69) is 4.98 Å². The van der Waals surface area contributed by atoms with Crippen molar-refractivity contribution in [1.82, 2.24) is 14.9 Å². The molecule has 2 aliphatic heterocycles. The van der Waals surface area contributed by atoms with E-state index in [1.165, 1.54) is 13.1 Å². The molecule has 3 atom stereocenters. The number of fused-ring (bicyclic) bond motifs is 1. The molecule has 3 aromatic rings. The van der Waals surface area contributed by atoms with Gasteiger partial charge in [0.15, 0.2) is 0 Å². The number of benzene rings is 2. The maximum absolute atomic E-state index is 14.0. The SMILES string of the molecule is CC(=O)N1CCCCC1C(CO)c1cccc2c1[C@@](Cc1ccc(Cl)cn1)(c1ccc(Cl)cc1)N(OCF)C2=O. The summed E-state index contributed by atoms with van der Waals surface area (Å²) in [6, 6.07) is 15.5. The number of hydrogen-bond acceptors (Lipinski definition) is 5. The number of halogens is 3. The maximum atomic E-state index is 14.0. The minimum absolute atomic E-state index is 0.0662. The summed E-state index contributed by atoms with van der Waals surface area (Å²) in [5, 5.41) is 12.8. The van der Waals surface area contributed by atoms with Crippen molar-refractivity contribution in [3.05, 3.63) is 98.8 Å². The zero-order valence-electron chi connectivity index (χ0n) is 22.0. The molecule has 2 amide bonds. The molecule has 0 bridgehead atoms. The molecule has 0 radical (unpaired) electrons. The highest BCUT2D eigenvalue weighted by Crippen LogP contribution is 2.50. The molecule has 210 valence electrons. The Morgan fingerprint density at radius 3 is 2.55 bits per heavy atom. The summed E-state index contributed by atoms with van der Waals surface area (Å²) in [5.74, 6) is -1.08. The number of piperidine rings is 1. The Morgan fingerprint density at radius 2 is 1.90 bits per heavy atom. The molecule has 2 aliphatic rings. The van der Waals surface area contributed by atoms with Gasteiger partial charge in [-0.05, 0) is 60.7 Å². The van der Waals surface area contributed by atoms with Crippen molar-refractivity contribution < 1.29 is 23.9 Å². The van der Waals surface area contributed by atoms with Crippen molar-refractivity contribution in [3.8, 4) is 0 Å². The number of carbonyl (C=O) groups excluding carboxylic acids is 2. The molecule has 1 N–H and O–H groups in total. The third-order valence-electron chi connectivity index (χ3n) is 8.01. The van der Waals surface area contributed by atoms with E-state index in [1.807, 2.05) is 6.07 Å². The molecule has 1 saturated heterocycles. The van der Waals surface area contributed by atoms with Gasteiger partial charge >= 0.3 is 0 Å². The van der Waals surface area contributed by atoms with Crippen molar-refractivity contribution in [2.45, 2.75) is 50.1 Å². The van der Waals surface area contributed by atoms with E-state index in [0.717, 1.165) is 17.9 Å². The monoisotopic (exact) mass is 585 g/mol. The van der Waals surface area contributed by atoms with Gasteiger partial charge in [-0.15, -0.1) is 0 Å². The lowest BCUT2D eigenvalue weighted by Gasteiger charge is -2.43. The fraction of sp³-hybridized carbons (Fsp3) is 0.367. The van der Waals surface area contributed by atoms with Crippen LogP contribution in [0, 0.1) is 0 Å². The van der Waals surface area contributed by atoms with E-state index in [-0.39, 0.29) is 25.0 Å². The third kappa shape index (κ3) is 4.98. The number of nitrogens with zero attached hydrogens (tertiary/aromatic N) is 3. The number of amides is 2. The molecule has 5 rings (SSSR count). The summed E-state index contributed by atoms with van der Waals surface area (Å²) in [5.41, 5.74) is 1.47. The van der Waals surface area contributed by atoms with Crippen molar-refractivity contribution in [1.29, 1.82) is 0 Å². The number of aliphatic hydroxyl groups excluding tert-OH is 1. The summed E-state index contributed by atoms with van der Waals surface area (Å²) in [4.78, 5) is 38.3. The van der Waals surface area contributed by atoms with Gasteiger partial charge in [0, 0.05) is 59.9 Å². The second kappa shape index (κ2) is 11.8. The first-order valence-electron chi connectivity index (χ1n) is 13.2. The first kappa shape index (κ1) is 28.5. The van der Waals surface area contributed by atoms with E-state index in [0.29, 0.717) is 51.0 Å². The summed E-state index contributed by atoms with van der Waals surface area (Å²) in [6.07, 6.45) is 4.14. The topological polar surface area (TPSA) is 83.0 Å². The lowest BCUT2D eigenvalue weighted by Crippen LogP contribution is -2.49. The highest BCUT2D eigenvalue weighted by molar-refractivity contribution is 6.30. The quantitative estimate of drug-likeness (QED) is 0.368. The van der Waals surface area contributed by atoms with E-state index >= 15 is 0 Å². The Morgan fingerprint density at radius 1 is 1.15 bits per heavy atom. The summed E-state index contributed by atoms with van der Waals surface area (Å²) in [6.45, 7) is 0.646. The standard InChI is InChI=1S/C30H30Cl2FN3O4/c1-19(38)35-14-3-2-7-27(35)26(17-37)24-5-4-6-25-28(24)30(36(29(25)39)40-18-33,20-8-10-21(31)11-9-20)15-23-13-12-22(32)16-34-23/h4-6,8-13,16,26-27,37H,2-3,7,14-15,17-18H2,1H3/t26?,27?,30-/m1/s1. The summed E-state index contributed by atoms with van der Waals surface area (Å²) < 4.78 is 14.0. The van der Waals surface area contributed by atoms with Gasteiger partial charge in [0.05, 0.1) is 11.6 Å². The number of aromatic nitrogens is 1. The fourth-order valence-corrected chi connectivity index (χ4v) is 6.58. The van der Waals surface area contributed by atoms with Crippen molar-refractivity contribution >= 4 is 35.0 Å². The van der Waals surface area contributed by atoms with E-state index in [9.17, 15) is 19.1 Å². The molecule has 10 heteroatoms. The van der Waals surface area contributed by atoms with Crippen LogP contribution in [0.5, 0.6) is 0 Å². The van der Waals surface area contributed by atoms with Crippen LogP contribution < -0.4 is 0 Å². The maximum Gasteiger partial charge on any atom is 0.279 e. The summed E-state index contributed by atoms with van der Waals surface area (Å²) in [7, 11) is 0. The molecule has 0 saturated carbocycles. The average Bonchev–Trinajstić information content (AvgIpc) is 3.19. The number of alkyl halides is 1. The van der Waals surface area contributed by atoms with Gasteiger partial charge in [-0.2, -0.15) is 5.06 Å². The Labute approximate surface area is 242 Å². The van der Waals surface area contributed by atoms with Crippen LogP contribution in [0.4, 0.5) is 4.39 Å². The van der Waals surface area contributed by atoms with Gasteiger partial charge in [-0.1, -0.05) is 47.5 Å². The molecule has 0 spiro atoms. The van der Waals surface area contributed by atoms with Crippen molar-refractivity contribution in [2.75, 3.05) is 20.0 Å². The lowest BCUT2D eigenvalue weighted by atomic mass is 9.73. The van der Waals surface area contributed by atoms with Crippen LogP contribution in [0.2, 0.25) is 10.0 Å². The van der Waals surface area contributed by atoms with Gasteiger partial charge in [-0.25, -0.2) is 9.23 Å². The third-order valence-corrected chi connectivity index (χ3v) is 8.49. The second-order valence-corrected chi connectivity index (χ2v) is 11.1. The highest BCUT2D eigenvalue weighted by atomic mass is 35.5. The Bertz CT molecular complexity index is 1390. The molecular weight excluding hydrogens is 556 g/mol. The molecule has 2 unspecified atom stereocenters. The Kier molecular flexibility index (Phi) is 8.42. The van der Waals surface area contributed by atoms with Crippen LogP contribution in [0.1, 0.15) is 64.8 Å². The number of pyridine rings is 1. The van der Waals surface area contributed by atoms with Crippen LogP contribution in [-0.2, 0) is 21.6 Å². The minimum Gasteiger partial charge on any atom is -0.396 e. The van der Waals surface area contributed by atoms with Gasteiger partial charge in [-0.3, -0.25) is 14.6 Å². The second-order valence-electron chi connectivity index (χ2n) is 10.2. The first-order valence-corrected chi connectivity index (χ1v) is 14.0. The van der Waals surface area contributed by atoms with Gasteiger partial charge in [0.2, 0.25) is 12.8 Å². The lowest BCUT2D eigenvalue weighted by molar-refractivity contribution is -0.196. The zero-order chi connectivity index (χ0) is 28.4. The minimum atomic E-state index is -1.36. The zero-order valence-corrected chi connectivity index (χ0v) is 23.5. The summed E-state index contributed by atoms with van der Waals surface area (Å²) >= 11 is 12.4. The van der Waals surface area contributed by atoms with Gasteiger partial charge in [0.1, 0.15) is 5.54 Å². The highest BCUT2D eigenvalue weighted by Gasteiger charge is 2.55. The van der Waals surface area contributed by atoms with Crippen LogP contribution in [0.15, 0.2) is 60.8 Å². The van der Waals surface area contributed by atoms with Gasteiger partial charge in [0.25, 0.3) is 5.91 Å². The Hall–Kier alpha value is -3.04. The molecule has 3 heterocycles. The van der Waals surface area contributed by atoms with Crippen molar-refractivity contribution in [3.63, 3.8) is 0 Å². The normalized spacial score (nSPS) is 21.4. The molecule has 1 aromatic heterocycles. The molecule has 40 heavy (non-hydrogen) atoms. The van der Waals surface area contributed by atoms with Crippen LogP contribution in [-0.4, -0.2) is 57.9 Å². The average molecular weight is 586 g/mol. The number of hydrogen-bond donors (Lipinski definition) is 1. The number of rotatable bonds is 8. The van der Waals surface area contributed by atoms with Gasteiger partial charge < -0.3 is 10.0 Å². The number of aliphatic hydroxyl groups is 1. The smallest absolute Gasteiger partial charge is 0.279 e. The first-order chi connectivity index (χ1) is 19.3. The number of likely N-dealkylation sites (tertiary alicyclic amines) is 1. The predicted molar refractivity (Wildman–Crippen MR) is 150 cm³/mol. The number of hydroxylamine groups is 2. The molecule has 0 aliphatic carbocycles. The fourth-order valence-electron chi connectivity index (χ4n) is 6.34. The van der Waals surface area contributed by atoms with Crippen LogP contribution in [0.3, 0.4) is 0 Å². The van der Waals surface area contributed by atoms with E-state index in [4.69, 9.17) is 28.0 Å². The number of carbonyl (C=O) groups is 2. The molecule has 7 nitrogen and oxygen atoms in total. The van der Waals surface area contributed by atoms with Crippen molar-refractivity contribution in [2.24, 2.45) is 0 Å². The van der Waals surface area contributed by atoms with E-state index < -0.39 is 24.2 Å². The predicted octanol–water partition coefficient (Wildman–Crippen LogP) is 5.67. The molecular formula is C30H30Cl2FN3O4. The molecule has 2 aromatic carbocycles.